The lowest BCUT2D eigenvalue weighted by molar-refractivity contribution is 0.101. The van der Waals surface area contributed by atoms with E-state index in [1.165, 1.54) is 18.9 Å². The summed E-state index contributed by atoms with van der Waals surface area (Å²) < 4.78 is 14.1. The molecule has 0 aliphatic carbocycles. The van der Waals surface area contributed by atoms with Crippen LogP contribution in [0.2, 0.25) is 0 Å². The highest BCUT2D eigenvalue weighted by molar-refractivity contribution is 5.23. The molecule has 0 spiro atoms. The number of rotatable bonds is 4. The van der Waals surface area contributed by atoms with Gasteiger partial charge >= 0.3 is 0 Å². The summed E-state index contributed by atoms with van der Waals surface area (Å²) in [6.45, 7) is 8.60. The van der Waals surface area contributed by atoms with Crippen molar-refractivity contribution in [2.24, 2.45) is 17.6 Å². The van der Waals surface area contributed by atoms with Gasteiger partial charge in [-0.2, -0.15) is 0 Å². The predicted molar refractivity (Wildman–Crippen MR) is 81.9 cm³/mol. The summed E-state index contributed by atoms with van der Waals surface area (Å²) in [5.41, 5.74) is 6.90. The molecule has 1 aromatic carbocycles. The van der Waals surface area contributed by atoms with Gasteiger partial charge in [-0.15, -0.1) is 0 Å². The second kappa shape index (κ2) is 6.68. The maximum atomic E-state index is 14.1. The molecule has 0 aromatic heterocycles. The maximum absolute atomic E-state index is 14.1. The first-order valence-electron chi connectivity index (χ1n) is 7.74. The SMILES string of the molecule is CC(C)C1CCN(C(c2ccccc2F)C(C)N)CC1. The first-order chi connectivity index (χ1) is 9.50. The van der Waals surface area contributed by atoms with E-state index in [0.29, 0.717) is 0 Å². The number of hydrogen-bond donors (Lipinski definition) is 1. The minimum absolute atomic E-state index is 0.00990. The molecule has 2 atom stereocenters. The fraction of sp³-hybridized carbons (Fsp3) is 0.647. The van der Waals surface area contributed by atoms with Gasteiger partial charge in [0, 0.05) is 11.6 Å². The average Bonchev–Trinajstić information content (AvgIpc) is 2.41. The summed E-state index contributed by atoms with van der Waals surface area (Å²) in [7, 11) is 0. The zero-order valence-electron chi connectivity index (χ0n) is 12.8. The molecule has 2 nitrogen and oxygen atoms in total. The predicted octanol–water partition coefficient (Wildman–Crippen LogP) is 3.58. The highest BCUT2D eigenvalue weighted by atomic mass is 19.1. The molecule has 0 bridgehead atoms. The molecule has 1 saturated heterocycles. The van der Waals surface area contributed by atoms with Crippen LogP contribution in [0.25, 0.3) is 0 Å². The fourth-order valence-corrected chi connectivity index (χ4v) is 3.39. The second-order valence-electron chi connectivity index (χ2n) is 6.44. The van der Waals surface area contributed by atoms with E-state index < -0.39 is 0 Å². The van der Waals surface area contributed by atoms with Gasteiger partial charge in [-0.1, -0.05) is 32.0 Å². The van der Waals surface area contributed by atoms with Crippen LogP contribution in [0.3, 0.4) is 0 Å². The summed E-state index contributed by atoms with van der Waals surface area (Å²) in [6.07, 6.45) is 2.38. The summed E-state index contributed by atoms with van der Waals surface area (Å²) in [5.74, 6) is 1.39. The van der Waals surface area contributed by atoms with Gasteiger partial charge in [0.2, 0.25) is 0 Å². The molecule has 3 heteroatoms. The van der Waals surface area contributed by atoms with Crippen molar-refractivity contribution in [2.45, 2.75) is 45.7 Å². The van der Waals surface area contributed by atoms with E-state index in [2.05, 4.69) is 18.7 Å². The molecule has 1 heterocycles. The van der Waals surface area contributed by atoms with Crippen molar-refractivity contribution in [2.75, 3.05) is 13.1 Å². The third-order valence-corrected chi connectivity index (χ3v) is 4.63. The van der Waals surface area contributed by atoms with Gasteiger partial charge < -0.3 is 5.73 Å². The molecule has 1 aromatic rings. The van der Waals surface area contributed by atoms with Gasteiger partial charge in [0.1, 0.15) is 5.82 Å². The average molecular weight is 278 g/mol. The number of piperidine rings is 1. The van der Waals surface area contributed by atoms with Crippen LogP contribution >= 0.6 is 0 Å². The van der Waals surface area contributed by atoms with Gasteiger partial charge in [0.15, 0.2) is 0 Å². The van der Waals surface area contributed by atoms with Gasteiger partial charge in [0.25, 0.3) is 0 Å². The molecule has 1 fully saturated rings. The van der Waals surface area contributed by atoms with Crippen molar-refractivity contribution in [3.05, 3.63) is 35.6 Å². The lowest BCUT2D eigenvalue weighted by Gasteiger charge is -2.40. The smallest absolute Gasteiger partial charge is 0.128 e. The van der Waals surface area contributed by atoms with Crippen LogP contribution in [0, 0.1) is 17.7 Å². The maximum Gasteiger partial charge on any atom is 0.128 e. The Kier molecular flexibility index (Phi) is 5.17. The Balaban J connectivity index is 2.13. The first-order valence-corrected chi connectivity index (χ1v) is 7.74. The molecule has 0 saturated carbocycles. The van der Waals surface area contributed by atoms with Crippen molar-refractivity contribution in [3.63, 3.8) is 0 Å². The zero-order valence-corrected chi connectivity index (χ0v) is 12.8. The fourth-order valence-electron chi connectivity index (χ4n) is 3.39. The van der Waals surface area contributed by atoms with Crippen LogP contribution < -0.4 is 5.73 Å². The number of nitrogens with zero attached hydrogens (tertiary/aromatic N) is 1. The minimum Gasteiger partial charge on any atom is -0.326 e. The number of likely N-dealkylation sites (tertiary alicyclic amines) is 1. The van der Waals surface area contributed by atoms with Gasteiger partial charge in [-0.05, 0) is 50.8 Å². The molecular weight excluding hydrogens is 251 g/mol. The summed E-state index contributed by atoms with van der Waals surface area (Å²) in [4.78, 5) is 2.36. The molecule has 20 heavy (non-hydrogen) atoms. The van der Waals surface area contributed by atoms with E-state index in [-0.39, 0.29) is 17.9 Å². The van der Waals surface area contributed by atoms with E-state index in [0.717, 1.165) is 30.5 Å². The number of hydrogen-bond acceptors (Lipinski definition) is 2. The van der Waals surface area contributed by atoms with E-state index in [4.69, 9.17) is 5.73 Å². The lowest BCUT2D eigenvalue weighted by atomic mass is 9.85. The third-order valence-electron chi connectivity index (χ3n) is 4.63. The molecular formula is C17H27FN2. The highest BCUT2D eigenvalue weighted by Gasteiger charge is 2.30. The Morgan fingerprint density at radius 1 is 1.15 bits per heavy atom. The minimum atomic E-state index is -0.138. The Morgan fingerprint density at radius 3 is 2.25 bits per heavy atom. The van der Waals surface area contributed by atoms with Crippen molar-refractivity contribution >= 4 is 0 Å². The molecule has 2 unspecified atom stereocenters. The molecule has 1 aliphatic heterocycles. The van der Waals surface area contributed by atoms with E-state index >= 15 is 0 Å². The molecule has 2 rings (SSSR count). The number of halogens is 1. The van der Waals surface area contributed by atoms with E-state index in [1.54, 1.807) is 6.07 Å². The largest absolute Gasteiger partial charge is 0.326 e. The van der Waals surface area contributed by atoms with Crippen LogP contribution in [-0.4, -0.2) is 24.0 Å². The van der Waals surface area contributed by atoms with Crippen LogP contribution in [0.15, 0.2) is 24.3 Å². The van der Waals surface area contributed by atoms with Crippen LogP contribution in [0.5, 0.6) is 0 Å². The van der Waals surface area contributed by atoms with Gasteiger partial charge in [-0.25, -0.2) is 4.39 Å². The Morgan fingerprint density at radius 2 is 1.75 bits per heavy atom. The molecule has 1 aliphatic rings. The van der Waals surface area contributed by atoms with Crippen molar-refractivity contribution in [3.8, 4) is 0 Å². The van der Waals surface area contributed by atoms with E-state index in [1.807, 2.05) is 19.1 Å². The van der Waals surface area contributed by atoms with Crippen LogP contribution in [0.4, 0.5) is 4.39 Å². The Hall–Kier alpha value is -0.930. The molecule has 0 amide bonds. The van der Waals surface area contributed by atoms with Crippen molar-refractivity contribution in [1.29, 1.82) is 0 Å². The second-order valence-corrected chi connectivity index (χ2v) is 6.44. The highest BCUT2D eigenvalue weighted by Crippen LogP contribution is 2.32. The quantitative estimate of drug-likeness (QED) is 0.912. The molecule has 0 radical (unpaired) electrons. The topological polar surface area (TPSA) is 29.3 Å². The van der Waals surface area contributed by atoms with Gasteiger partial charge in [0.05, 0.1) is 6.04 Å². The molecule has 112 valence electrons. The lowest BCUT2D eigenvalue weighted by Crippen LogP contribution is -2.44. The summed E-state index contributed by atoms with van der Waals surface area (Å²) in [5, 5.41) is 0. The molecule has 2 N–H and O–H groups in total. The van der Waals surface area contributed by atoms with E-state index in [9.17, 15) is 4.39 Å². The normalized spacial score (nSPS) is 21.1. The van der Waals surface area contributed by atoms with Crippen molar-refractivity contribution in [1.82, 2.24) is 4.90 Å². The Labute approximate surface area is 122 Å². The summed E-state index contributed by atoms with van der Waals surface area (Å²) >= 11 is 0. The number of nitrogens with two attached hydrogens (primary N) is 1. The summed E-state index contributed by atoms with van der Waals surface area (Å²) in [6, 6.07) is 6.96. The zero-order chi connectivity index (χ0) is 14.7. The number of benzene rings is 1. The van der Waals surface area contributed by atoms with Gasteiger partial charge in [-0.3, -0.25) is 4.90 Å². The monoisotopic (exact) mass is 278 g/mol. The standard InChI is InChI=1S/C17H27FN2/c1-12(2)14-8-10-20(11-9-14)17(13(3)19)15-6-4-5-7-16(15)18/h4-7,12-14,17H,8-11,19H2,1-3H3. The first kappa shape index (κ1) is 15.5. The van der Waals surface area contributed by atoms with Crippen molar-refractivity contribution < 1.29 is 4.39 Å². The van der Waals surface area contributed by atoms with Crippen LogP contribution in [-0.2, 0) is 0 Å². The Bertz CT molecular complexity index is 423. The van der Waals surface area contributed by atoms with Crippen LogP contribution in [0.1, 0.15) is 45.2 Å². The third kappa shape index (κ3) is 3.39.